The van der Waals surface area contributed by atoms with Crippen LogP contribution < -0.4 is 0 Å². The third-order valence-electron chi connectivity index (χ3n) is 4.37. The zero-order valence-corrected chi connectivity index (χ0v) is 12.5. The van der Waals surface area contributed by atoms with Crippen LogP contribution in [0.3, 0.4) is 0 Å². The Morgan fingerprint density at radius 1 is 1.35 bits per heavy atom. The molecule has 1 saturated heterocycles. The Balaban J connectivity index is 1.63. The lowest BCUT2D eigenvalue weighted by molar-refractivity contribution is -0.143. The molecule has 7 heteroatoms. The molecule has 5 nitrogen and oxygen atoms in total. The molecule has 23 heavy (non-hydrogen) atoms. The van der Waals surface area contributed by atoms with Gasteiger partial charge < -0.3 is 14.8 Å². The number of piperidine rings is 1. The number of halogens is 2. The van der Waals surface area contributed by atoms with Crippen LogP contribution in [0.15, 0.2) is 23.4 Å². The first-order valence-corrected chi connectivity index (χ1v) is 7.66. The highest BCUT2D eigenvalue weighted by atomic mass is 19.1. The van der Waals surface area contributed by atoms with Crippen molar-refractivity contribution < 1.29 is 23.5 Å². The molecule has 0 bridgehead atoms. The summed E-state index contributed by atoms with van der Waals surface area (Å²) in [5.74, 6) is -1.12. The lowest BCUT2D eigenvalue weighted by atomic mass is 9.97. The summed E-state index contributed by atoms with van der Waals surface area (Å²) in [6.45, 7) is 1.26. The van der Waals surface area contributed by atoms with Gasteiger partial charge in [0.2, 0.25) is 6.10 Å². The van der Waals surface area contributed by atoms with E-state index >= 15 is 0 Å². The number of amides is 1. The molecule has 0 aliphatic carbocycles. The Morgan fingerprint density at radius 3 is 2.78 bits per heavy atom. The van der Waals surface area contributed by atoms with Gasteiger partial charge in [-0.15, -0.1) is 0 Å². The van der Waals surface area contributed by atoms with Crippen molar-refractivity contribution in [2.24, 2.45) is 11.1 Å². The topological polar surface area (TPSA) is 62.1 Å². The molecule has 2 heterocycles. The molecule has 1 fully saturated rings. The molecule has 0 radical (unpaired) electrons. The first kappa shape index (κ1) is 15.9. The van der Waals surface area contributed by atoms with Gasteiger partial charge in [0.15, 0.2) is 0 Å². The largest absolute Gasteiger partial charge is 0.396 e. The van der Waals surface area contributed by atoms with Crippen molar-refractivity contribution in [2.45, 2.75) is 25.4 Å². The molecular weight excluding hydrogens is 306 g/mol. The van der Waals surface area contributed by atoms with Crippen molar-refractivity contribution >= 4 is 11.6 Å². The van der Waals surface area contributed by atoms with Crippen LogP contribution in [-0.4, -0.2) is 47.4 Å². The predicted molar refractivity (Wildman–Crippen MR) is 78.8 cm³/mol. The summed E-state index contributed by atoms with van der Waals surface area (Å²) >= 11 is 0. The number of benzene rings is 1. The number of hydrogen-bond donors (Lipinski definition) is 1. The lowest BCUT2D eigenvalue weighted by Gasteiger charge is -2.32. The van der Waals surface area contributed by atoms with Crippen LogP contribution in [0.1, 0.15) is 24.8 Å². The molecule has 1 N–H and O–H groups in total. The third kappa shape index (κ3) is 3.34. The average molecular weight is 324 g/mol. The standard InChI is InChI=1S/C16H18F2N2O3/c17-11-1-2-13(18)12(7-11)14-8-15(23-19-14)16(22)20-5-3-10(9-21)4-6-20/h1-2,7,10,15,21H,3-6,8-9H2. The Hall–Kier alpha value is -2.02. The van der Waals surface area contributed by atoms with E-state index in [9.17, 15) is 13.6 Å². The summed E-state index contributed by atoms with van der Waals surface area (Å²) in [4.78, 5) is 19.2. The van der Waals surface area contributed by atoms with Gasteiger partial charge in [0.25, 0.3) is 5.91 Å². The van der Waals surface area contributed by atoms with Gasteiger partial charge in [0, 0.05) is 31.7 Å². The lowest BCUT2D eigenvalue weighted by Crippen LogP contribution is -2.44. The van der Waals surface area contributed by atoms with E-state index in [2.05, 4.69) is 5.16 Å². The van der Waals surface area contributed by atoms with E-state index in [1.165, 1.54) is 0 Å². The highest BCUT2D eigenvalue weighted by Crippen LogP contribution is 2.23. The van der Waals surface area contributed by atoms with Crippen molar-refractivity contribution in [1.29, 1.82) is 0 Å². The van der Waals surface area contributed by atoms with E-state index in [0.717, 1.165) is 31.0 Å². The van der Waals surface area contributed by atoms with Gasteiger partial charge in [-0.3, -0.25) is 4.79 Å². The maximum atomic E-state index is 13.8. The number of carbonyl (C=O) groups is 1. The smallest absolute Gasteiger partial charge is 0.266 e. The Labute approximate surface area is 132 Å². The number of oxime groups is 1. The summed E-state index contributed by atoms with van der Waals surface area (Å²) in [5, 5.41) is 12.9. The van der Waals surface area contributed by atoms with Crippen molar-refractivity contribution in [3.63, 3.8) is 0 Å². The SMILES string of the molecule is O=C(C1CC(c2cc(F)ccc2F)=NO1)N1CCC(CO)CC1. The van der Waals surface area contributed by atoms with Gasteiger partial charge in [0.05, 0.1) is 5.71 Å². The molecule has 124 valence electrons. The zero-order chi connectivity index (χ0) is 16.4. The van der Waals surface area contributed by atoms with Crippen LogP contribution in [0, 0.1) is 17.6 Å². The molecule has 1 atom stereocenters. The molecule has 1 unspecified atom stereocenters. The van der Waals surface area contributed by atoms with E-state index in [4.69, 9.17) is 9.94 Å². The van der Waals surface area contributed by atoms with Crippen LogP contribution in [-0.2, 0) is 9.63 Å². The number of carbonyl (C=O) groups excluding carboxylic acids is 1. The number of rotatable bonds is 3. The summed E-state index contributed by atoms with van der Waals surface area (Å²) in [6.07, 6.45) is 0.833. The van der Waals surface area contributed by atoms with E-state index in [-0.39, 0.29) is 36.1 Å². The van der Waals surface area contributed by atoms with Gasteiger partial charge in [-0.05, 0) is 37.0 Å². The van der Waals surface area contributed by atoms with Gasteiger partial charge in [0.1, 0.15) is 11.6 Å². The van der Waals surface area contributed by atoms with Crippen molar-refractivity contribution in [1.82, 2.24) is 4.90 Å². The van der Waals surface area contributed by atoms with Gasteiger partial charge in [-0.2, -0.15) is 0 Å². The van der Waals surface area contributed by atoms with E-state index in [1.807, 2.05) is 0 Å². The first-order valence-electron chi connectivity index (χ1n) is 7.66. The minimum Gasteiger partial charge on any atom is -0.396 e. The fraction of sp³-hybridized carbons (Fsp3) is 0.500. The van der Waals surface area contributed by atoms with Crippen LogP contribution in [0.25, 0.3) is 0 Å². The molecule has 1 amide bonds. The number of aliphatic hydroxyl groups excluding tert-OH is 1. The van der Waals surface area contributed by atoms with Crippen molar-refractivity contribution in [3.05, 3.63) is 35.4 Å². The molecule has 2 aliphatic heterocycles. The van der Waals surface area contributed by atoms with E-state index in [0.29, 0.717) is 13.1 Å². The maximum absolute atomic E-state index is 13.8. The molecule has 0 aromatic heterocycles. The summed E-state index contributed by atoms with van der Waals surface area (Å²) in [5.41, 5.74) is 0.268. The fourth-order valence-corrected chi connectivity index (χ4v) is 2.93. The number of nitrogens with zero attached hydrogens (tertiary/aromatic N) is 2. The van der Waals surface area contributed by atoms with Crippen molar-refractivity contribution in [3.8, 4) is 0 Å². The second-order valence-corrected chi connectivity index (χ2v) is 5.91. The molecular formula is C16H18F2N2O3. The first-order chi connectivity index (χ1) is 11.1. The second-order valence-electron chi connectivity index (χ2n) is 5.91. The Morgan fingerprint density at radius 2 is 2.09 bits per heavy atom. The third-order valence-corrected chi connectivity index (χ3v) is 4.37. The van der Waals surface area contributed by atoms with Gasteiger partial charge in [-0.25, -0.2) is 8.78 Å². The van der Waals surface area contributed by atoms with Gasteiger partial charge >= 0.3 is 0 Å². The normalized spacial score (nSPS) is 22.0. The van der Waals surface area contributed by atoms with E-state index < -0.39 is 17.7 Å². The zero-order valence-electron chi connectivity index (χ0n) is 12.5. The fourth-order valence-electron chi connectivity index (χ4n) is 2.93. The average Bonchev–Trinajstić information content (AvgIpc) is 3.06. The summed E-state index contributed by atoms with van der Waals surface area (Å²) in [7, 11) is 0. The molecule has 1 aromatic rings. The van der Waals surface area contributed by atoms with Gasteiger partial charge in [-0.1, -0.05) is 5.16 Å². The number of aliphatic hydroxyl groups is 1. The molecule has 1 aromatic carbocycles. The quantitative estimate of drug-likeness (QED) is 0.920. The second kappa shape index (κ2) is 6.62. The van der Waals surface area contributed by atoms with Crippen LogP contribution in [0.5, 0.6) is 0 Å². The Bertz CT molecular complexity index is 628. The molecule has 0 spiro atoms. The highest BCUT2D eigenvalue weighted by molar-refractivity contribution is 6.04. The van der Waals surface area contributed by atoms with Crippen molar-refractivity contribution in [2.75, 3.05) is 19.7 Å². The monoisotopic (exact) mass is 324 g/mol. The molecule has 2 aliphatic rings. The minimum absolute atomic E-state index is 0.0271. The van der Waals surface area contributed by atoms with Crippen LogP contribution in [0.4, 0.5) is 8.78 Å². The summed E-state index contributed by atoms with van der Waals surface area (Å²) < 4.78 is 27.0. The van der Waals surface area contributed by atoms with E-state index in [1.54, 1.807) is 4.90 Å². The maximum Gasteiger partial charge on any atom is 0.266 e. The number of hydrogen-bond acceptors (Lipinski definition) is 4. The van der Waals surface area contributed by atoms with Crippen LogP contribution >= 0.6 is 0 Å². The number of likely N-dealkylation sites (tertiary alicyclic amines) is 1. The Kier molecular flexibility index (Phi) is 4.56. The summed E-state index contributed by atoms with van der Waals surface area (Å²) in [6, 6.07) is 3.11. The minimum atomic E-state index is -0.793. The van der Waals surface area contributed by atoms with Crippen LogP contribution in [0.2, 0.25) is 0 Å². The predicted octanol–water partition coefficient (Wildman–Crippen LogP) is 1.69. The molecule has 3 rings (SSSR count). The molecule has 0 saturated carbocycles. The highest BCUT2D eigenvalue weighted by Gasteiger charge is 2.34.